The van der Waals surface area contributed by atoms with Crippen LogP contribution < -0.4 is 5.32 Å². The van der Waals surface area contributed by atoms with Crippen molar-refractivity contribution in [2.45, 2.75) is 32.0 Å². The van der Waals surface area contributed by atoms with Gasteiger partial charge in [0.2, 0.25) is 0 Å². The second kappa shape index (κ2) is 6.51. The Labute approximate surface area is 117 Å². The van der Waals surface area contributed by atoms with E-state index in [-0.39, 0.29) is 0 Å². The maximum Gasteiger partial charge on any atom is 0.0473 e. The highest BCUT2D eigenvalue weighted by atomic mass is 15.3. The summed E-state index contributed by atoms with van der Waals surface area (Å²) >= 11 is 0. The topological polar surface area (TPSA) is 18.5 Å². The number of piperazine rings is 1. The molecular formula is C16H27N3. The second-order valence-corrected chi connectivity index (χ2v) is 5.77. The Morgan fingerprint density at radius 3 is 2.47 bits per heavy atom. The molecule has 1 aliphatic rings. The van der Waals surface area contributed by atoms with Crippen molar-refractivity contribution < 1.29 is 0 Å². The van der Waals surface area contributed by atoms with Crippen LogP contribution in [0.1, 0.15) is 25.5 Å². The van der Waals surface area contributed by atoms with Gasteiger partial charge in [0.15, 0.2) is 0 Å². The summed E-state index contributed by atoms with van der Waals surface area (Å²) in [5, 5.41) is 3.49. The van der Waals surface area contributed by atoms with Crippen LogP contribution >= 0.6 is 0 Å². The van der Waals surface area contributed by atoms with Gasteiger partial charge in [-0.2, -0.15) is 0 Å². The van der Waals surface area contributed by atoms with Gasteiger partial charge in [-0.3, -0.25) is 4.90 Å². The van der Waals surface area contributed by atoms with Crippen molar-refractivity contribution in [3.63, 3.8) is 0 Å². The van der Waals surface area contributed by atoms with E-state index < -0.39 is 0 Å². The molecule has 1 fully saturated rings. The van der Waals surface area contributed by atoms with Crippen LogP contribution in [0.5, 0.6) is 0 Å². The highest BCUT2D eigenvalue weighted by Gasteiger charge is 2.30. The minimum absolute atomic E-state index is 0.395. The maximum atomic E-state index is 3.49. The fourth-order valence-corrected chi connectivity index (χ4v) is 3.30. The normalized spacial score (nSPS) is 25.2. The second-order valence-electron chi connectivity index (χ2n) is 5.77. The molecule has 0 saturated carbocycles. The number of rotatable bonds is 4. The van der Waals surface area contributed by atoms with Crippen LogP contribution in [0.4, 0.5) is 0 Å². The van der Waals surface area contributed by atoms with Crippen LogP contribution in [0.25, 0.3) is 0 Å². The average Bonchev–Trinajstić information content (AvgIpc) is 2.40. The van der Waals surface area contributed by atoms with Gasteiger partial charge in [0, 0.05) is 37.8 Å². The predicted octanol–water partition coefficient (Wildman–Crippen LogP) is 1.97. The fraction of sp³-hybridized carbons (Fsp3) is 0.625. The van der Waals surface area contributed by atoms with Gasteiger partial charge in [-0.05, 0) is 33.5 Å². The first kappa shape index (κ1) is 14.5. The molecule has 3 atom stereocenters. The molecule has 1 heterocycles. The van der Waals surface area contributed by atoms with Crippen LogP contribution in [0, 0.1) is 0 Å². The molecule has 19 heavy (non-hydrogen) atoms. The summed E-state index contributed by atoms with van der Waals surface area (Å²) in [7, 11) is 4.28. The number of benzene rings is 1. The number of hydrogen-bond donors (Lipinski definition) is 1. The summed E-state index contributed by atoms with van der Waals surface area (Å²) in [6.07, 6.45) is 0. The van der Waals surface area contributed by atoms with E-state index in [2.05, 4.69) is 73.4 Å². The molecule has 0 amide bonds. The van der Waals surface area contributed by atoms with E-state index in [9.17, 15) is 0 Å². The van der Waals surface area contributed by atoms with Crippen molar-refractivity contribution in [1.82, 2.24) is 15.1 Å². The van der Waals surface area contributed by atoms with Gasteiger partial charge in [-0.1, -0.05) is 30.3 Å². The molecule has 0 bridgehead atoms. The number of likely N-dealkylation sites (N-methyl/N-ethyl adjacent to an activating group) is 2. The predicted molar refractivity (Wildman–Crippen MR) is 81.4 cm³/mol. The minimum atomic E-state index is 0.395. The van der Waals surface area contributed by atoms with Crippen LogP contribution in [0.2, 0.25) is 0 Å². The third-order valence-corrected chi connectivity index (χ3v) is 4.36. The van der Waals surface area contributed by atoms with Crippen LogP contribution in [-0.4, -0.2) is 55.6 Å². The van der Waals surface area contributed by atoms with Gasteiger partial charge in [-0.25, -0.2) is 0 Å². The van der Waals surface area contributed by atoms with Gasteiger partial charge in [0.25, 0.3) is 0 Å². The largest absolute Gasteiger partial charge is 0.312 e. The SMILES string of the molecule is CNC(c1ccccc1)C(C)N1CCN(C)CC1C. The summed E-state index contributed by atoms with van der Waals surface area (Å²) in [5.41, 5.74) is 1.38. The van der Waals surface area contributed by atoms with Crippen molar-refractivity contribution >= 4 is 0 Å². The molecule has 0 aliphatic carbocycles. The van der Waals surface area contributed by atoms with E-state index in [1.54, 1.807) is 0 Å². The van der Waals surface area contributed by atoms with Crippen molar-refractivity contribution in [3.05, 3.63) is 35.9 Å². The van der Waals surface area contributed by atoms with Gasteiger partial charge in [-0.15, -0.1) is 0 Å². The Balaban J connectivity index is 2.10. The zero-order valence-electron chi connectivity index (χ0n) is 12.6. The molecule has 2 rings (SSSR count). The lowest BCUT2D eigenvalue weighted by molar-refractivity contribution is 0.0530. The van der Waals surface area contributed by atoms with Gasteiger partial charge in [0.1, 0.15) is 0 Å². The zero-order valence-corrected chi connectivity index (χ0v) is 12.6. The van der Waals surface area contributed by atoms with Crippen LogP contribution in [-0.2, 0) is 0 Å². The monoisotopic (exact) mass is 261 g/mol. The quantitative estimate of drug-likeness (QED) is 0.894. The molecule has 1 saturated heterocycles. The Morgan fingerprint density at radius 2 is 1.89 bits per heavy atom. The van der Waals surface area contributed by atoms with Gasteiger partial charge in [0.05, 0.1) is 0 Å². The molecule has 0 spiro atoms. The van der Waals surface area contributed by atoms with Gasteiger partial charge >= 0.3 is 0 Å². The van der Waals surface area contributed by atoms with E-state index in [0.29, 0.717) is 18.1 Å². The van der Waals surface area contributed by atoms with Crippen molar-refractivity contribution in [2.75, 3.05) is 33.7 Å². The van der Waals surface area contributed by atoms with Crippen molar-refractivity contribution in [3.8, 4) is 0 Å². The van der Waals surface area contributed by atoms with Crippen molar-refractivity contribution in [1.29, 1.82) is 0 Å². The van der Waals surface area contributed by atoms with Gasteiger partial charge < -0.3 is 10.2 Å². The van der Waals surface area contributed by atoms with E-state index in [4.69, 9.17) is 0 Å². The molecule has 3 unspecified atom stereocenters. The minimum Gasteiger partial charge on any atom is -0.312 e. The van der Waals surface area contributed by atoms with E-state index in [1.165, 1.54) is 12.1 Å². The Morgan fingerprint density at radius 1 is 1.21 bits per heavy atom. The molecular weight excluding hydrogens is 234 g/mol. The summed E-state index contributed by atoms with van der Waals surface area (Å²) in [6, 6.07) is 12.3. The molecule has 106 valence electrons. The molecule has 1 aliphatic heterocycles. The highest BCUT2D eigenvalue weighted by Crippen LogP contribution is 2.23. The molecule has 3 heteroatoms. The smallest absolute Gasteiger partial charge is 0.0473 e. The van der Waals surface area contributed by atoms with Crippen LogP contribution in [0.15, 0.2) is 30.3 Å². The van der Waals surface area contributed by atoms with Crippen LogP contribution in [0.3, 0.4) is 0 Å². The molecule has 0 radical (unpaired) electrons. The lowest BCUT2D eigenvalue weighted by Gasteiger charge is -2.44. The number of hydrogen-bond acceptors (Lipinski definition) is 3. The van der Waals surface area contributed by atoms with E-state index in [1.807, 2.05) is 0 Å². The Hall–Kier alpha value is -0.900. The zero-order chi connectivity index (χ0) is 13.8. The number of nitrogens with one attached hydrogen (secondary N) is 1. The van der Waals surface area contributed by atoms with E-state index in [0.717, 1.165) is 13.1 Å². The molecule has 3 nitrogen and oxygen atoms in total. The number of nitrogens with zero attached hydrogens (tertiary/aromatic N) is 2. The lowest BCUT2D eigenvalue weighted by atomic mass is 9.97. The first-order valence-corrected chi connectivity index (χ1v) is 7.30. The molecule has 1 N–H and O–H groups in total. The highest BCUT2D eigenvalue weighted by molar-refractivity contribution is 5.20. The third-order valence-electron chi connectivity index (χ3n) is 4.36. The first-order chi connectivity index (χ1) is 9.13. The lowest BCUT2D eigenvalue weighted by Crippen LogP contribution is -2.56. The molecule has 1 aromatic rings. The van der Waals surface area contributed by atoms with E-state index >= 15 is 0 Å². The standard InChI is InChI=1S/C16H27N3/c1-13-12-18(4)10-11-19(13)14(2)16(17-3)15-8-6-5-7-9-15/h5-9,13-14,16-17H,10-12H2,1-4H3. The summed E-state index contributed by atoms with van der Waals surface area (Å²) in [6.45, 7) is 8.17. The summed E-state index contributed by atoms with van der Waals surface area (Å²) in [5.74, 6) is 0. The first-order valence-electron chi connectivity index (χ1n) is 7.30. The average molecular weight is 261 g/mol. The maximum absolute atomic E-state index is 3.49. The van der Waals surface area contributed by atoms with Crippen molar-refractivity contribution in [2.24, 2.45) is 0 Å². The summed E-state index contributed by atoms with van der Waals surface area (Å²) < 4.78 is 0. The Bertz CT molecular complexity index is 379. The Kier molecular flexibility index (Phi) is 4.97. The summed E-state index contributed by atoms with van der Waals surface area (Å²) in [4.78, 5) is 5.05. The molecule has 1 aromatic carbocycles. The third kappa shape index (κ3) is 3.35. The molecule has 0 aromatic heterocycles. The fourth-order valence-electron chi connectivity index (χ4n) is 3.30.